The highest BCUT2D eigenvalue weighted by Crippen LogP contribution is 2.29. The molecule has 1 aliphatic heterocycles. The molecular weight excluding hydrogens is 368 g/mol. The Labute approximate surface area is 157 Å². The van der Waals surface area contributed by atoms with E-state index < -0.39 is 0 Å². The van der Waals surface area contributed by atoms with Gasteiger partial charge in [0, 0.05) is 17.8 Å². The largest absolute Gasteiger partial charge is 0.378 e. The topological polar surface area (TPSA) is 60.2 Å². The van der Waals surface area contributed by atoms with Gasteiger partial charge in [0.15, 0.2) is 10.8 Å². The van der Waals surface area contributed by atoms with Gasteiger partial charge in [-0.3, -0.25) is 4.79 Å². The second kappa shape index (κ2) is 6.46. The first-order chi connectivity index (χ1) is 12.8. The average Bonchev–Trinajstić information content (AvgIpc) is 3.33. The van der Waals surface area contributed by atoms with E-state index in [-0.39, 0.29) is 5.56 Å². The third kappa shape index (κ3) is 2.70. The summed E-state index contributed by atoms with van der Waals surface area (Å²) in [6.45, 7) is 3.64. The molecule has 1 aromatic carbocycles. The number of thiophene rings is 1. The van der Waals surface area contributed by atoms with Crippen molar-refractivity contribution in [3.8, 4) is 0 Å². The quantitative estimate of drug-likeness (QED) is 0.544. The number of benzene rings is 1. The van der Waals surface area contributed by atoms with Crippen LogP contribution in [0.2, 0.25) is 0 Å². The van der Waals surface area contributed by atoms with Crippen LogP contribution in [-0.4, -0.2) is 40.8 Å². The van der Waals surface area contributed by atoms with Crippen molar-refractivity contribution in [2.45, 2.75) is 6.54 Å². The molecule has 1 saturated heterocycles. The second-order valence-electron chi connectivity index (χ2n) is 6.18. The zero-order valence-corrected chi connectivity index (χ0v) is 15.6. The number of ether oxygens (including phenoxy) is 1. The number of thiazole rings is 1. The number of morpholine rings is 1. The first kappa shape index (κ1) is 15.9. The number of nitrogens with zero attached hydrogens (tertiary/aromatic N) is 4. The van der Waals surface area contributed by atoms with Crippen LogP contribution in [0.1, 0.15) is 5.56 Å². The summed E-state index contributed by atoms with van der Waals surface area (Å²) in [6.07, 6.45) is 1.61. The second-order valence-corrected chi connectivity index (χ2v) is 8.08. The van der Waals surface area contributed by atoms with Gasteiger partial charge >= 0.3 is 0 Å². The average molecular weight is 384 g/mol. The molecule has 4 aromatic rings. The highest BCUT2D eigenvalue weighted by Gasteiger charge is 2.18. The highest BCUT2D eigenvalue weighted by molar-refractivity contribution is 7.22. The molecule has 132 valence electrons. The molecule has 0 bridgehead atoms. The first-order valence-electron chi connectivity index (χ1n) is 8.43. The minimum absolute atomic E-state index is 0.206. The van der Waals surface area contributed by atoms with E-state index in [9.17, 15) is 4.79 Å². The molecule has 0 radical (unpaired) electrons. The van der Waals surface area contributed by atoms with Crippen LogP contribution in [0.4, 0.5) is 5.13 Å². The number of hydrogen-bond donors (Lipinski definition) is 0. The predicted molar refractivity (Wildman–Crippen MR) is 106 cm³/mol. The molecule has 0 spiro atoms. The van der Waals surface area contributed by atoms with Crippen molar-refractivity contribution in [3.05, 3.63) is 51.9 Å². The normalized spacial score (nSPS) is 15.2. The van der Waals surface area contributed by atoms with Crippen LogP contribution >= 0.6 is 22.7 Å². The molecule has 0 aliphatic carbocycles. The molecule has 5 rings (SSSR count). The summed E-state index contributed by atoms with van der Waals surface area (Å²) in [6, 6.07) is 8.44. The Bertz CT molecular complexity index is 1140. The summed E-state index contributed by atoms with van der Waals surface area (Å²) in [5, 5.41) is 4.22. The van der Waals surface area contributed by atoms with E-state index in [0.29, 0.717) is 30.1 Å². The number of anilines is 1. The van der Waals surface area contributed by atoms with Crippen LogP contribution in [-0.2, 0) is 11.3 Å². The number of aromatic nitrogens is 3. The monoisotopic (exact) mass is 384 g/mol. The number of fused-ring (bicyclic) bond motifs is 2. The summed E-state index contributed by atoms with van der Waals surface area (Å²) >= 11 is 3.16. The van der Waals surface area contributed by atoms with Crippen LogP contribution < -0.4 is 10.5 Å². The molecule has 8 heteroatoms. The van der Waals surface area contributed by atoms with Crippen molar-refractivity contribution in [1.82, 2.24) is 14.5 Å². The molecule has 26 heavy (non-hydrogen) atoms. The van der Waals surface area contributed by atoms with E-state index in [0.717, 1.165) is 18.2 Å². The number of rotatable bonds is 3. The summed E-state index contributed by atoms with van der Waals surface area (Å²) in [4.78, 5) is 23.3. The third-order valence-corrected chi connectivity index (χ3v) is 6.66. The molecule has 0 unspecified atom stereocenters. The van der Waals surface area contributed by atoms with Gasteiger partial charge in [-0.1, -0.05) is 29.5 Å². The summed E-state index contributed by atoms with van der Waals surface area (Å²) in [5.41, 5.74) is 1.72. The molecule has 3 aromatic heterocycles. The lowest BCUT2D eigenvalue weighted by atomic mass is 10.1. The van der Waals surface area contributed by atoms with Crippen molar-refractivity contribution in [1.29, 1.82) is 0 Å². The van der Waals surface area contributed by atoms with Crippen molar-refractivity contribution in [3.63, 3.8) is 0 Å². The zero-order valence-electron chi connectivity index (χ0n) is 13.9. The van der Waals surface area contributed by atoms with Crippen molar-refractivity contribution in [2.24, 2.45) is 0 Å². The van der Waals surface area contributed by atoms with Gasteiger partial charge in [0.25, 0.3) is 5.56 Å². The van der Waals surface area contributed by atoms with Gasteiger partial charge in [0.1, 0.15) is 11.0 Å². The smallest absolute Gasteiger partial charge is 0.292 e. The molecular formula is C18H16N4O2S2. The molecule has 1 fully saturated rings. The molecule has 0 saturated carbocycles. The Morgan fingerprint density at radius 1 is 1.15 bits per heavy atom. The van der Waals surface area contributed by atoms with E-state index in [1.165, 1.54) is 27.0 Å². The summed E-state index contributed by atoms with van der Waals surface area (Å²) < 4.78 is 9.27. The zero-order chi connectivity index (χ0) is 17.5. The predicted octanol–water partition coefficient (Wildman–Crippen LogP) is 2.95. The minimum atomic E-state index is -0.206. The van der Waals surface area contributed by atoms with Gasteiger partial charge in [-0.05, 0) is 22.4 Å². The highest BCUT2D eigenvalue weighted by atomic mass is 32.1. The Kier molecular flexibility index (Phi) is 3.96. The first-order valence-corrected chi connectivity index (χ1v) is 10.1. The van der Waals surface area contributed by atoms with E-state index in [1.807, 2.05) is 4.57 Å². The lowest BCUT2D eigenvalue weighted by Gasteiger charge is -2.25. The number of hydrogen-bond acceptors (Lipinski definition) is 7. The minimum Gasteiger partial charge on any atom is -0.378 e. The van der Waals surface area contributed by atoms with E-state index in [1.54, 1.807) is 17.7 Å². The van der Waals surface area contributed by atoms with Gasteiger partial charge in [-0.25, -0.2) is 4.98 Å². The van der Waals surface area contributed by atoms with E-state index >= 15 is 0 Å². The Morgan fingerprint density at radius 2 is 2.04 bits per heavy atom. The van der Waals surface area contributed by atoms with Gasteiger partial charge in [0.2, 0.25) is 0 Å². The molecule has 4 heterocycles. The van der Waals surface area contributed by atoms with E-state index in [2.05, 4.69) is 39.5 Å². The molecule has 6 nitrogen and oxygen atoms in total. The standard InChI is InChI=1S/C18H16N4O2S2/c23-17-15-16(20-18(26-15)21-5-7-24-8-6-21)22(11-19-17)10-13-3-1-2-12-4-9-25-14(12)13/h1-4,9,11H,5-8,10H2. The van der Waals surface area contributed by atoms with Crippen molar-refractivity contribution < 1.29 is 4.74 Å². The van der Waals surface area contributed by atoms with Gasteiger partial charge in [-0.2, -0.15) is 4.98 Å². The SMILES string of the molecule is O=c1ncn(Cc2cccc3ccsc23)c2nc(N3CCOCC3)sc12. The van der Waals surface area contributed by atoms with Crippen LogP contribution in [0.25, 0.3) is 20.4 Å². The summed E-state index contributed by atoms with van der Waals surface area (Å²) in [5.74, 6) is 0. The molecule has 0 amide bonds. The fourth-order valence-electron chi connectivity index (χ4n) is 3.24. The van der Waals surface area contributed by atoms with Gasteiger partial charge in [0.05, 0.1) is 19.8 Å². The van der Waals surface area contributed by atoms with Crippen LogP contribution in [0.15, 0.2) is 40.8 Å². The van der Waals surface area contributed by atoms with Crippen molar-refractivity contribution >= 4 is 48.2 Å². The van der Waals surface area contributed by atoms with Crippen LogP contribution in [0.5, 0.6) is 0 Å². The van der Waals surface area contributed by atoms with Crippen molar-refractivity contribution in [2.75, 3.05) is 31.2 Å². The lowest BCUT2D eigenvalue weighted by molar-refractivity contribution is 0.122. The fraction of sp³-hybridized carbons (Fsp3) is 0.278. The molecule has 1 aliphatic rings. The molecule has 0 N–H and O–H groups in total. The Balaban J connectivity index is 1.59. The fourth-order valence-corrected chi connectivity index (χ4v) is 5.17. The third-order valence-electron chi connectivity index (χ3n) is 4.56. The lowest BCUT2D eigenvalue weighted by Crippen LogP contribution is -2.36. The Hall–Kier alpha value is -2.29. The maximum Gasteiger partial charge on any atom is 0.292 e. The summed E-state index contributed by atoms with van der Waals surface area (Å²) in [7, 11) is 0. The maximum absolute atomic E-state index is 12.3. The van der Waals surface area contributed by atoms with Crippen LogP contribution in [0, 0.1) is 0 Å². The Morgan fingerprint density at radius 3 is 2.92 bits per heavy atom. The molecule has 0 atom stereocenters. The maximum atomic E-state index is 12.3. The van der Waals surface area contributed by atoms with Crippen LogP contribution in [0.3, 0.4) is 0 Å². The van der Waals surface area contributed by atoms with Gasteiger partial charge in [-0.15, -0.1) is 11.3 Å². The van der Waals surface area contributed by atoms with E-state index in [4.69, 9.17) is 9.72 Å². The van der Waals surface area contributed by atoms with Gasteiger partial charge < -0.3 is 14.2 Å².